The summed E-state index contributed by atoms with van der Waals surface area (Å²) < 4.78 is 52.9. The molecule has 0 bridgehead atoms. The number of aliphatic carboxylic acids is 1. The van der Waals surface area contributed by atoms with Crippen molar-refractivity contribution in [1.82, 2.24) is 5.32 Å². The minimum absolute atomic E-state index is 0.125. The first-order valence-electron chi connectivity index (χ1n) is 8.54. The molecular weight excluding hydrogens is 516 g/mol. The second-order valence-electron chi connectivity index (χ2n) is 6.13. The SMILES string of the molecule is O=C(O)CNCP(=O)(O)O.O=C(O)c1cc(Oc2ccc(C(F)(F)F)cc2Cl)ccc1[N+](=O)[O-]. The number of carboxylic acids is 2. The van der Waals surface area contributed by atoms with Crippen LogP contribution in [0.25, 0.3) is 0 Å². The summed E-state index contributed by atoms with van der Waals surface area (Å²) in [6.45, 7) is -0.439. The van der Waals surface area contributed by atoms with Crippen LogP contribution in [0.2, 0.25) is 5.02 Å². The Hall–Kier alpha value is -3.23. The fourth-order valence-electron chi connectivity index (χ4n) is 2.10. The van der Waals surface area contributed by atoms with E-state index in [9.17, 15) is 37.4 Å². The Kier molecular flexibility index (Phi) is 9.96. The smallest absolute Gasteiger partial charge is 0.416 e. The highest BCUT2D eigenvalue weighted by Gasteiger charge is 2.31. The first kappa shape index (κ1) is 28.8. The van der Waals surface area contributed by atoms with E-state index >= 15 is 0 Å². The summed E-state index contributed by atoms with van der Waals surface area (Å²) in [5.41, 5.74) is -2.25. The molecule has 34 heavy (non-hydrogen) atoms. The Balaban J connectivity index is 0.000000489. The molecule has 0 saturated carbocycles. The third-order valence-corrected chi connectivity index (χ3v) is 4.41. The summed E-state index contributed by atoms with van der Waals surface area (Å²) in [5, 5.41) is 29.4. The van der Waals surface area contributed by atoms with Crippen molar-refractivity contribution >= 4 is 36.8 Å². The second kappa shape index (κ2) is 11.8. The summed E-state index contributed by atoms with van der Waals surface area (Å²) in [7, 11) is -4.10. The van der Waals surface area contributed by atoms with Gasteiger partial charge in [-0.3, -0.25) is 24.8 Å². The summed E-state index contributed by atoms with van der Waals surface area (Å²) in [4.78, 5) is 47.1. The van der Waals surface area contributed by atoms with Gasteiger partial charge in [0.05, 0.1) is 28.3 Å². The van der Waals surface area contributed by atoms with Crippen molar-refractivity contribution in [3.63, 3.8) is 0 Å². The Morgan fingerprint density at radius 3 is 2.21 bits per heavy atom. The summed E-state index contributed by atoms with van der Waals surface area (Å²) in [6.07, 6.45) is -5.18. The van der Waals surface area contributed by atoms with Crippen LogP contribution in [0.3, 0.4) is 0 Å². The molecule has 0 atom stereocenters. The lowest BCUT2D eigenvalue weighted by Gasteiger charge is -2.11. The number of nitrogens with one attached hydrogen (secondary N) is 1. The molecule has 0 spiro atoms. The van der Waals surface area contributed by atoms with Gasteiger partial charge in [-0.2, -0.15) is 13.2 Å². The maximum Gasteiger partial charge on any atom is 0.416 e. The molecule has 5 N–H and O–H groups in total. The number of hydrogen-bond acceptors (Lipinski definition) is 7. The zero-order chi connectivity index (χ0) is 26.3. The van der Waals surface area contributed by atoms with Gasteiger partial charge >= 0.3 is 25.7 Å². The Morgan fingerprint density at radius 2 is 1.76 bits per heavy atom. The van der Waals surface area contributed by atoms with Gasteiger partial charge in [0.2, 0.25) is 0 Å². The predicted molar refractivity (Wildman–Crippen MR) is 109 cm³/mol. The lowest BCUT2D eigenvalue weighted by molar-refractivity contribution is -0.385. The summed E-state index contributed by atoms with van der Waals surface area (Å²) >= 11 is 5.72. The van der Waals surface area contributed by atoms with Crippen LogP contribution in [0.1, 0.15) is 15.9 Å². The minimum atomic E-state index is -4.58. The number of benzene rings is 2. The molecule has 0 unspecified atom stereocenters. The fraction of sp³-hybridized carbons (Fsp3) is 0.176. The van der Waals surface area contributed by atoms with Crippen molar-refractivity contribution < 1.29 is 57.0 Å². The van der Waals surface area contributed by atoms with Gasteiger partial charge in [-0.15, -0.1) is 0 Å². The van der Waals surface area contributed by atoms with E-state index in [2.05, 4.69) is 5.32 Å². The van der Waals surface area contributed by atoms with E-state index in [1.165, 1.54) is 0 Å². The van der Waals surface area contributed by atoms with Gasteiger partial charge in [-0.05, 0) is 24.3 Å². The summed E-state index contributed by atoms with van der Waals surface area (Å²) in [5.74, 6) is -2.98. The third-order valence-electron chi connectivity index (χ3n) is 3.48. The highest BCUT2D eigenvalue weighted by Crippen LogP contribution is 2.37. The molecule has 0 aliphatic carbocycles. The maximum atomic E-state index is 12.6. The van der Waals surface area contributed by atoms with Crippen molar-refractivity contribution in [3.05, 3.63) is 62.7 Å². The number of carbonyl (C=O) groups is 2. The molecule has 2 aromatic rings. The van der Waals surface area contributed by atoms with Crippen LogP contribution in [-0.2, 0) is 15.5 Å². The normalized spacial score (nSPS) is 11.2. The highest BCUT2D eigenvalue weighted by atomic mass is 35.5. The van der Waals surface area contributed by atoms with Crippen molar-refractivity contribution in [2.75, 3.05) is 12.8 Å². The molecule has 12 nitrogen and oxygen atoms in total. The number of nitro benzene ring substituents is 1. The number of nitrogens with zero attached hydrogens (tertiary/aromatic N) is 1. The first-order chi connectivity index (χ1) is 15.5. The molecule has 186 valence electrons. The maximum absolute atomic E-state index is 12.6. The molecule has 0 aliphatic heterocycles. The lowest BCUT2D eigenvalue weighted by Crippen LogP contribution is -2.23. The quantitative estimate of drug-likeness (QED) is 0.190. The highest BCUT2D eigenvalue weighted by molar-refractivity contribution is 7.51. The zero-order valence-corrected chi connectivity index (χ0v) is 18.2. The molecule has 0 fully saturated rings. The van der Waals surface area contributed by atoms with E-state index in [-0.39, 0.29) is 16.5 Å². The lowest BCUT2D eigenvalue weighted by atomic mass is 10.1. The van der Waals surface area contributed by atoms with Gasteiger partial charge in [-0.1, -0.05) is 11.6 Å². The molecule has 17 heteroatoms. The third kappa shape index (κ3) is 9.72. The molecule has 0 radical (unpaired) electrons. The molecule has 2 rings (SSSR count). The van der Waals surface area contributed by atoms with Gasteiger partial charge in [0.25, 0.3) is 5.69 Å². The molecule has 0 saturated heterocycles. The molecule has 0 amide bonds. The van der Waals surface area contributed by atoms with E-state index in [0.29, 0.717) is 6.07 Å². The molecular formula is C17H15ClF3N2O10P. The van der Waals surface area contributed by atoms with Gasteiger partial charge < -0.3 is 24.7 Å². The molecule has 2 aromatic carbocycles. The molecule has 0 heterocycles. The van der Waals surface area contributed by atoms with Gasteiger partial charge in [-0.25, -0.2) is 4.79 Å². The van der Waals surface area contributed by atoms with Gasteiger partial charge in [0.1, 0.15) is 17.1 Å². The number of rotatable bonds is 8. The Morgan fingerprint density at radius 1 is 1.15 bits per heavy atom. The number of nitro groups is 1. The fourth-order valence-corrected chi connectivity index (χ4v) is 2.73. The second-order valence-corrected chi connectivity index (χ2v) is 8.18. The van der Waals surface area contributed by atoms with E-state index in [1.807, 2.05) is 0 Å². The Labute approximate surface area is 192 Å². The van der Waals surface area contributed by atoms with Crippen molar-refractivity contribution in [1.29, 1.82) is 0 Å². The molecule has 0 aromatic heterocycles. The summed E-state index contributed by atoms with van der Waals surface area (Å²) in [6, 6.07) is 5.27. The topological polar surface area (TPSA) is 197 Å². The van der Waals surface area contributed by atoms with Crippen molar-refractivity contribution in [2.45, 2.75) is 6.18 Å². The largest absolute Gasteiger partial charge is 0.480 e. The number of alkyl halides is 3. The Bertz CT molecular complexity index is 1120. The van der Waals surface area contributed by atoms with Crippen LogP contribution in [-0.4, -0.2) is 49.7 Å². The molecule has 0 aliphatic rings. The number of carboxylic acid groups (broad SMARTS) is 2. The van der Waals surface area contributed by atoms with Gasteiger partial charge in [0, 0.05) is 12.1 Å². The van der Waals surface area contributed by atoms with Crippen molar-refractivity contribution in [2.24, 2.45) is 0 Å². The zero-order valence-electron chi connectivity index (χ0n) is 16.5. The number of aromatic carboxylic acids is 1. The van der Waals surface area contributed by atoms with Crippen LogP contribution in [0.4, 0.5) is 18.9 Å². The van der Waals surface area contributed by atoms with Crippen LogP contribution in [0, 0.1) is 10.1 Å². The van der Waals surface area contributed by atoms with Crippen molar-refractivity contribution in [3.8, 4) is 11.5 Å². The van der Waals surface area contributed by atoms with Crippen LogP contribution >= 0.6 is 19.2 Å². The number of halogens is 4. The van der Waals surface area contributed by atoms with Crippen LogP contribution < -0.4 is 10.1 Å². The van der Waals surface area contributed by atoms with E-state index < -0.39 is 60.3 Å². The van der Waals surface area contributed by atoms with Gasteiger partial charge in [0.15, 0.2) is 0 Å². The average Bonchev–Trinajstić information content (AvgIpc) is 2.67. The number of hydrogen-bond donors (Lipinski definition) is 5. The van der Waals surface area contributed by atoms with E-state index in [0.717, 1.165) is 30.3 Å². The predicted octanol–water partition coefficient (Wildman–Crippen LogP) is 3.55. The van der Waals surface area contributed by atoms with E-state index in [1.54, 1.807) is 0 Å². The first-order valence-corrected chi connectivity index (χ1v) is 10.7. The van der Waals surface area contributed by atoms with E-state index in [4.69, 9.17) is 36.3 Å². The monoisotopic (exact) mass is 530 g/mol. The average molecular weight is 531 g/mol. The van der Waals surface area contributed by atoms with Crippen LogP contribution in [0.15, 0.2) is 36.4 Å². The number of ether oxygens (including phenoxy) is 1. The van der Waals surface area contributed by atoms with Crippen LogP contribution in [0.5, 0.6) is 11.5 Å². The minimum Gasteiger partial charge on any atom is -0.480 e. The standard InChI is InChI=1S/C14H7ClF3NO5.C3H8NO5P/c15-10-5-7(14(16,17)18)1-4-12(10)24-8-2-3-11(19(22)23)9(6-8)13(20)21;5-3(6)1-4-2-10(7,8)9/h1-6H,(H,20,21);4H,1-2H2,(H,5,6)(H2,7,8,9).